The zero-order chi connectivity index (χ0) is 44.8. The Kier molecular flexibility index (Phi) is 8.57. The van der Waals surface area contributed by atoms with Crippen molar-refractivity contribution in [2.45, 2.75) is 5.41 Å². The fraction of sp³-hybridized carbons (Fsp3) is 0.0149. The fourth-order valence-corrected chi connectivity index (χ4v) is 12.0. The first kappa shape index (κ1) is 38.5. The first-order chi connectivity index (χ1) is 33.7. The summed E-state index contributed by atoms with van der Waals surface area (Å²) in [5.74, 6) is 0. The van der Waals surface area contributed by atoms with Crippen molar-refractivity contribution in [3.05, 3.63) is 283 Å². The molecule has 12 aromatic carbocycles. The molecule has 0 heterocycles. The smallest absolute Gasteiger partial charge is 0.0726 e. The predicted octanol–water partition coefficient (Wildman–Crippen LogP) is 18.0. The predicted molar refractivity (Wildman–Crippen MR) is 286 cm³/mol. The SMILES string of the molecule is c1ccc(-c2cc(-c3ccccc3)cc(-c3ccc(N(c4ccc5c(c4)C4(c6ccccc6-c6ccccc64)c4ccccc4-5)c4cccc5c6ccccc6c6ccccc6c45)cc3)c2)cc1. The third kappa shape index (κ3) is 5.63. The van der Waals surface area contributed by atoms with Crippen molar-refractivity contribution >= 4 is 49.4 Å². The molecule has 0 saturated carbocycles. The van der Waals surface area contributed by atoms with E-state index in [0.717, 1.165) is 17.1 Å². The monoisotopic (exact) mass is 861 g/mol. The van der Waals surface area contributed by atoms with Crippen LogP contribution in [0, 0.1) is 0 Å². The number of hydrogen-bond donors (Lipinski definition) is 0. The Bertz CT molecular complexity index is 3790. The first-order valence-corrected chi connectivity index (χ1v) is 23.7. The van der Waals surface area contributed by atoms with Crippen molar-refractivity contribution in [3.63, 3.8) is 0 Å². The van der Waals surface area contributed by atoms with Gasteiger partial charge < -0.3 is 4.90 Å². The van der Waals surface area contributed by atoms with Crippen LogP contribution >= 0.6 is 0 Å². The van der Waals surface area contributed by atoms with Gasteiger partial charge >= 0.3 is 0 Å². The van der Waals surface area contributed by atoms with E-state index >= 15 is 0 Å². The second kappa shape index (κ2) is 15.1. The molecule has 0 atom stereocenters. The van der Waals surface area contributed by atoms with E-state index in [2.05, 4.69) is 266 Å². The molecule has 316 valence electrons. The summed E-state index contributed by atoms with van der Waals surface area (Å²) in [6, 6.07) is 97.0. The van der Waals surface area contributed by atoms with Gasteiger partial charge in [0, 0.05) is 16.8 Å². The zero-order valence-corrected chi connectivity index (χ0v) is 37.3. The highest BCUT2D eigenvalue weighted by Gasteiger charge is 2.51. The van der Waals surface area contributed by atoms with E-state index in [9.17, 15) is 0 Å². The fourth-order valence-electron chi connectivity index (χ4n) is 12.0. The number of fused-ring (bicyclic) bond motifs is 16. The molecule has 12 aromatic rings. The summed E-state index contributed by atoms with van der Waals surface area (Å²) in [6.45, 7) is 0. The molecule has 0 amide bonds. The molecule has 2 aliphatic rings. The zero-order valence-electron chi connectivity index (χ0n) is 37.3. The van der Waals surface area contributed by atoms with Crippen LogP contribution in [0.3, 0.4) is 0 Å². The van der Waals surface area contributed by atoms with Gasteiger partial charge in [-0.2, -0.15) is 0 Å². The van der Waals surface area contributed by atoms with Crippen LogP contribution in [-0.2, 0) is 5.41 Å². The highest BCUT2D eigenvalue weighted by Crippen LogP contribution is 2.63. The van der Waals surface area contributed by atoms with Crippen LogP contribution < -0.4 is 4.90 Å². The van der Waals surface area contributed by atoms with Crippen molar-refractivity contribution in [3.8, 4) is 55.6 Å². The van der Waals surface area contributed by atoms with Gasteiger partial charge in [0.15, 0.2) is 0 Å². The van der Waals surface area contributed by atoms with Crippen LogP contribution in [0.2, 0.25) is 0 Å². The van der Waals surface area contributed by atoms with Gasteiger partial charge in [0.2, 0.25) is 0 Å². The molecule has 1 heteroatoms. The summed E-state index contributed by atoms with van der Waals surface area (Å²) in [4.78, 5) is 2.52. The molecule has 2 aliphatic carbocycles. The number of nitrogens with zero attached hydrogens (tertiary/aromatic N) is 1. The number of benzene rings is 12. The van der Waals surface area contributed by atoms with Crippen LogP contribution in [-0.4, -0.2) is 0 Å². The lowest BCUT2D eigenvalue weighted by Gasteiger charge is -2.32. The second-order valence-electron chi connectivity index (χ2n) is 18.3. The van der Waals surface area contributed by atoms with Gasteiger partial charge in [-0.25, -0.2) is 0 Å². The Hall–Kier alpha value is -8.78. The standard InChI is InChI=1S/C67H43N/c1-3-18-44(19-4-1)47-40-48(45-20-5-2-6-21-45)42-49(41-47)46-34-36-50(37-35-46)68(65-33-17-29-60-54-23-8-7-22-52(54)53-24-9-10-28-59(53)66(60)65)51-38-39-58-57-27-13-16-32-63(57)67(64(58)43-51)61-30-14-11-25-55(61)56-26-12-15-31-62(56)67/h1-43H. The Morgan fingerprint density at radius 3 is 1.13 bits per heavy atom. The van der Waals surface area contributed by atoms with E-state index in [1.165, 1.54) is 110 Å². The number of hydrogen-bond acceptors (Lipinski definition) is 1. The minimum absolute atomic E-state index is 0.466. The highest BCUT2D eigenvalue weighted by molar-refractivity contribution is 6.28. The molecule has 0 saturated heterocycles. The average Bonchev–Trinajstić information content (AvgIpc) is 3.89. The van der Waals surface area contributed by atoms with Crippen LogP contribution in [0.4, 0.5) is 17.1 Å². The summed E-state index contributed by atoms with van der Waals surface area (Å²) >= 11 is 0. The van der Waals surface area contributed by atoms with Gasteiger partial charge in [-0.1, -0.05) is 212 Å². The third-order valence-electron chi connectivity index (χ3n) is 14.8. The quantitative estimate of drug-likeness (QED) is 0.151. The van der Waals surface area contributed by atoms with Crippen LogP contribution in [0.15, 0.2) is 261 Å². The molecule has 0 bridgehead atoms. The summed E-state index contributed by atoms with van der Waals surface area (Å²) in [7, 11) is 0. The van der Waals surface area contributed by atoms with Gasteiger partial charge in [-0.3, -0.25) is 0 Å². The lowest BCUT2D eigenvalue weighted by molar-refractivity contribution is 0.793. The molecule has 14 rings (SSSR count). The Labute approximate surface area is 396 Å². The minimum atomic E-state index is -0.466. The van der Waals surface area contributed by atoms with Gasteiger partial charge in [-0.05, 0) is 153 Å². The summed E-state index contributed by atoms with van der Waals surface area (Å²) < 4.78 is 0. The normalized spacial score (nSPS) is 12.8. The maximum absolute atomic E-state index is 2.52. The Morgan fingerprint density at radius 2 is 0.618 bits per heavy atom. The maximum Gasteiger partial charge on any atom is 0.0726 e. The molecule has 1 spiro atoms. The molecule has 1 nitrogen and oxygen atoms in total. The second-order valence-corrected chi connectivity index (χ2v) is 18.3. The Morgan fingerprint density at radius 1 is 0.235 bits per heavy atom. The maximum atomic E-state index is 2.52. The lowest BCUT2D eigenvalue weighted by Crippen LogP contribution is -2.26. The van der Waals surface area contributed by atoms with Crippen LogP contribution in [0.25, 0.3) is 88.0 Å². The van der Waals surface area contributed by atoms with Crippen LogP contribution in [0.5, 0.6) is 0 Å². The van der Waals surface area contributed by atoms with E-state index in [1.807, 2.05) is 0 Å². The molecule has 0 N–H and O–H groups in total. The van der Waals surface area contributed by atoms with E-state index in [-0.39, 0.29) is 0 Å². The number of anilines is 3. The van der Waals surface area contributed by atoms with E-state index in [1.54, 1.807) is 0 Å². The van der Waals surface area contributed by atoms with Crippen molar-refractivity contribution in [2.24, 2.45) is 0 Å². The van der Waals surface area contributed by atoms with Gasteiger partial charge in [-0.15, -0.1) is 0 Å². The van der Waals surface area contributed by atoms with Crippen LogP contribution in [0.1, 0.15) is 22.3 Å². The van der Waals surface area contributed by atoms with Crippen molar-refractivity contribution < 1.29 is 0 Å². The van der Waals surface area contributed by atoms with E-state index in [0.29, 0.717) is 0 Å². The Balaban J connectivity index is 1.02. The summed E-state index contributed by atoms with van der Waals surface area (Å²) in [5, 5.41) is 7.51. The minimum Gasteiger partial charge on any atom is -0.310 e. The van der Waals surface area contributed by atoms with Gasteiger partial charge in [0.05, 0.1) is 11.1 Å². The molecular weight excluding hydrogens is 819 g/mol. The van der Waals surface area contributed by atoms with Gasteiger partial charge in [0.1, 0.15) is 0 Å². The molecule has 0 aromatic heterocycles. The largest absolute Gasteiger partial charge is 0.310 e. The topological polar surface area (TPSA) is 3.24 Å². The molecule has 0 aliphatic heterocycles. The molecule has 0 radical (unpaired) electrons. The molecule has 0 fully saturated rings. The van der Waals surface area contributed by atoms with Gasteiger partial charge in [0.25, 0.3) is 0 Å². The average molecular weight is 862 g/mol. The first-order valence-electron chi connectivity index (χ1n) is 23.7. The number of rotatable bonds is 6. The van der Waals surface area contributed by atoms with E-state index < -0.39 is 5.41 Å². The molecule has 0 unspecified atom stereocenters. The summed E-state index contributed by atoms with van der Waals surface area (Å²) in [5.41, 5.74) is 20.6. The third-order valence-corrected chi connectivity index (χ3v) is 14.8. The summed E-state index contributed by atoms with van der Waals surface area (Å²) in [6.07, 6.45) is 0. The van der Waals surface area contributed by atoms with Crippen molar-refractivity contribution in [2.75, 3.05) is 4.90 Å². The van der Waals surface area contributed by atoms with Crippen molar-refractivity contribution in [1.82, 2.24) is 0 Å². The lowest BCUT2D eigenvalue weighted by atomic mass is 9.70. The highest BCUT2D eigenvalue weighted by atomic mass is 15.1. The van der Waals surface area contributed by atoms with E-state index in [4.69, 9.17) is 0 Å². The van der Waals surface area contributed by atoms with Crippen molar-refractivity contribution in [1.29, 1.82) is 0 Å². The molecule has 68 heavy (non-hydrogen) atoms. The molecular formula is C67H43N.